The van der Waals surface area contributed by atoms with Crippen molar-refractivity contribution in [3.63, 3.8) is 0 Å². The largest absolute Gasteiger partial charge is 0.489 e. The molecular weight excluding hydrogens is 548 g/mol. The Hall–Kier alpha value is -4.65. The first-order valence-corrected chi connectivity index (χ1v) is 13.3. The summed E-state index contributed by atoms with van der Waals surface area (Å²) in [5.41, 5.74) is -0.631. The molecule has 0 bridgehead atoms. The van der Waals surface area contributed by atoms with Crippen molar-refractivity contribution in [2.24, 2.45) is 11.1 Å². The van der Waals surface area contributed by atoms with Gasteiger partial charge in [0, 0.05) is 13.5 Å². The van der Waals surface area contributed by atoms with Gasteiger partial charge in [-0.05, 0) is 23.6 Å². The average molecular weight is 585 g/mol. The number of alkyl carbamates (subject to hydrolysis) is 1. The fraction of sp³-hybridized carbons (Fsp3) is 0.414. The number of likely N-dealkylation sites (N-methyl/N-ethyl adjacent to an activating group) is 1. The number of rotatable bonds is 14. The van der Waals surface area contributed by atoms with Crippen LogP contribution in [0.5, 0.6) is 5.75 Å². The van der Waals surface area contributed by atoms with Crippen LogP contribution in [0.1, 0.15) is 32.3 Å². The number of oxime groups is 1. The van der Waals surface area contributed by atoms with Gasteiger partial charge < -0.3 is 30.1 Å². The predicted octanol–water partition coefficient (Wildman–Crippen LogP) is 2.51. The Labute approximate surface area is 243 Å². The summed E-state index contributed by atoms with van der Waals surface area (Å²) in [6.07, 6.45) is -1.51. The summed E-state index contributed by atoms with van der Waals surface area (Å²) in [5, 5.41) is 19.6. The summed E-state index contributed by atoms with van der Waals surface area (Å²) < 4.78 is 11.2. The van der Waals surface area contributed by atoms with Gasteiger partial charge in [0.1, 0.15) is 25.0 Å². The van der Waals surface area contributed by atoms with Crippen LogP contribution < -0.4 is 15.4 Å². The number of nitrogens with one attached hydrogen (secondary N) is 2. The van der Waals surface area contributed by atoms with Gasteiger partial charge >= 0.3 is 12.1 Å². The van der Waals surface area contributed by atoms with Crippen LogP contribution >= 0.6 is 0 Å². The molecule has 0 spiro atoms. The SMILES string of the molecule is CON(C)C(=O)C(CC(=O)O)NC(=O)C1(COc2ccccc2)CC(C(NC(=O)OCc2ccccc2)C(C)C)=NO1. The molecule has 226 valence electrons. The molecule has 0 aliphatic carbocycles. The van der Waals surface area contributed by atoms with E-state index in [1.54, 1.807) is 30.3 Å². The maximum atomic E-state index is 13.7. The van der Waals surface area contributed by atoms with E-state index in [0.717, 1.165) is 10.6 Å². The van der Waals surface area contributed by atoms with Crippen LogP contribution in [0.3, 0.4) is 0 Å². The van der Waals surface area contributed by atoms with E-state index in [-0.39, 0.29) is 25.6 Å². The lowest BCUT2D eigenvalue weighted by Gasteiger charge is -2.29. The van der Waals surface area contributed by atoms with E-state index in [9.17, 15) is 24.3 Å². The molecule has 2 aromatic carbocycles. The molecule has 1 heterocycles. The van der Waals surface area contributed by atoms with E-state index >= 15 is 0 Å². The maximum absolute atomic E-state index is 13.7. The minimum atomic E-state index is -1.78. The minimum Gasteiger partial charge on any atom is -0.489 e. The summed E-state index contributed by atoms with van der Waals surface area (Å²) in [7, 11) is 2.53. The molecule has 3 atom stereocenters. The van der Waals surface area contributed by atoms with Gasteiger partial charge in [0.2, 0.25) is 0 Å². The van der Waals surface area contributed by atoms with Gasteiger partial charge in [0.05, 0.1) is 25.3 Å². The van der Waals surface area contributed by atoms with Crippen LogP contribution in [-0.2, 0) is 35.4 Å². The smallest absolute Gasteiger partial charge is 0.408 e. The fourth-order valence-electron chi connectivity index (χ4n) is 4.15. The number of hydrogen-bond donors (Lipinski definition) is 3. The molecule has 1 aliphatic rings. The van der Waals surface area contributed by atoms with Crippen LogP contribution in [-0.4, -0.2) is 78.2 Å². The highest BCUT2D eigenvalue weighted by molar-refractivity contribution is 6.01. The van der Waals surface area contributed by atoms with E-state index in [4.69, 9.17) is 19.1 Å². The summed E-state index contributed by atoms with van der Waals surface area (Å²) in [6, 6.07) is 15.7. The number of carbonyl (C=O) groups is 4. The van der Waals surface area contributed by atoms with Crippen LogP contribution in [0.25, 0.3) is 0 Å². The average Bonchev–Trinajstić information content (AvgIpc) is 3.42. The Kier molecular flexibility index (Phi) is 11.3. The van der Waals surface area contributed by atoms with Crippen molar-refractivity contribution >= 4 is 29.6 Å². The van der Waals surface area contributed by atoms with E-state index < -0.39 is 48.0 Å². The number of carboxylic acids is 1. The number of nitrogens with zero attached hydrogens (tertiary/aromatic N) is 2. The molecule has 42 heavy (non-hydrogen) atoms. The van der Waals surface area contributed by atoms with Crippen LogP contribution in [0.15, 0.2) is 65.8 Å². The number of carbonyl (C=O) groups excluding carboxylic acids is 3. The number of aliphatic carboxylic acids is 1. The lowest BCUT2D eigenvalue weighted by atomic mass is 9.89. The number of para-hydroxylation sites is 1. The van der Waals surface area contributed by atoms with Crippen molar-refractivity contribution in [1.82, 2.24) is 15.7 Å². The van der Waals surface area contributed by atoms with Crippen LogP contribution in [0.4, 0.5) is 4.79 Å². The van der Waals surface area contributed by atoms with E-state index in [1.807, 2.05) is 44.2 Å². The normalized spacial score (nSPS) is 17.3. The van der Waals surface area contributed by atoms with Crippen LogP contribution in [0, 0.1) is 5.92 Å². The third-order valence-electron chi connectivity index (χ3n) is 6.51. The molecule has 3 unspecified atom stereocenters. The molecule has 13 heteroatoms. The molecule has 3 rings (SSSR count). The number of ether oxygens (including phenoxy) is 2. The monoisotopic (exact) mass is 584 g/mol. The molecule has 0 fully saturated rings. The molecule has 3 N–H and O–H groups in total. The van der Waals surface area contributed by atoms with E-state index in [2.05, 4.69) is 15.8 Å². The molecule has 0 saturated heterocycles. The van der Waals surface area contributed by atoms with Crippen molar-refractivity contribution in [1.29, 1.82) is 0 Å². The highest BCUT2D eigenvalue weighted by Crippen LogP contribution is 2.29. The van der Waals surface area contributed by atoms with Crippen molar-refractivity contribution in [3.05, 3.63) is 66.2 Å². The van der Waals surface area contributed by atoms with E-state index in [1.165, 1.54) is 14.2 Å². The summed E-state index contributed by atoms with van der Waals surface area (Å²) >= 11 is 0. The van der Waals surface area contributed by atoms with Crippen molar-refractivity contribution in [2.45, 2.75) is 51.0 Å². The highest BCUT2D eigenvalue weighted by Gasteiger charge is 2.51. The van der Waals surface area contributed by atoms with Crippen molar-refractivity contribution in [3.8, 4) is 5.75 Å². The summed E-state index contributed by atoms with van der Waals surface area (Å²) in [5.74, 6) is -2.65. The Morgan fingerprint density at radius 2 is 1.69 bits per heavy atom. The second kappa shape index (κ2) is 14.8. The molecule has 13 nitrogen and oxygen atoms in total. The molecule has 2 aromatic rings. The quantitative estimate of drug-likeness (QED) is 0.283. The van der Waals surface area contributed by atoms with Crippen molar-refractivity contribution < 1.29 is 43.4 Å². The molecule has 3 amide bonds. The topological polar surface area (TPSA) is 165 Å². The lowest BCUT2D eigenvalue weighted by Crippen LogP contribution is -2.58. The number of amides is 3. The zero-order valence-electron chi connectivity index (χ0n) is 23.9. The Bertz CT molecular complexity index is 1260. The van der Waals surface area contributed by atoms with Crippen molar-refractivity contribution in [2.75, 3.05) is 20.8 Å². The van der Waals surface area contributed by atoms with Crippen LogP contribution in [0.2, 0.25) is 0 Å². The highest BCUT2D eigenvalue weighted by atomic mass is 16.7. The van der Waals surface area contributed by atoms with Gasteiger partial charge in [-0.25, -0.2) is 9.86 Å². The van der Waals surface area contributed by atoms with Gasteiger partial charge in [-0.15, -0.1) is 0 Å². The minimum absolute atomic E-state index is 0.0621. The maximum Gasteiger partial charge on any atom is 0.408 e. The number of carboxylic acid groups (broad SMARTS) is 1. The zero-order valence-corrected chi connectivity index (χ0v) is 23.9. The fourth-order valence-corrected chi connectivity index (χ4v) is 4.15. The molecular formula is C29H36N4O9. The van der Waals surface area contributed by atoms with Gasteiger partial charge in [-0.1, -0.05) is 67.5 Å². The molecule has 0 aromatic heterocycles. The second-order valence-electron chi connectivity index (χ2n) is 10.0. The number of benzene rings is 2. The van der Waals surface area contributed by atoms with Gasteiger partial charge in [0.15, 0.2) is 0 Å². The van der Waals surface area contributed by atoms with Gasteiger partial charge in [-0.2, -0.15) is 0 Å². The first-order valence-electron chi connectivity index (χ1n) is 13.3. The number of hydroxylamine groups is 2. The third-order valence-corrected chi connectivity index (χ3v) is 6.51. The predicted molar refractivity (Wildman–Crippen MR) is 150 cm³/mol. The van der Waals surface area contributed by atoms with E-state index in [0.29, 0.717) is 11.5 Å². The second-order valence-corrected chi connectivity index (χ2v) is 10.0. The Morgan fingerprint density at radius 3 is 2.29 bits per heavy atom. The Balaban J connectivity index is 1.79. The van der Waals surface area contributed by atoms with Gasteiger partial charge in [-0.3, -0.25) is 19.2 Å². The third kappa shape index (κ3) is 8.67. The molecule has 0 saturated carbocycles. The molecule has 0 radical (unpaired) electrons. The first-order chi connectivity index (χ1) is 20.0. The summed E-state index contributed by atoms with van der Waals surface area (Å²) in [4.78, 5) is 61.2. The zero-order chi connectivity index (χ0) is 30.7. The lowest BCUT2D eigenvalue weighted by molar-refractivity contribution is -0.174. The standard InChI is InChI=1S/C29H36N4O9/c1-19(2)25(31-28(38)40-17-20-11-7-5-8-12-20)23-16-29(42-32-23,18-41-21-13-9-6-10-14-21)27(37)30-22(15-24(34)35)26(36)33(3)39-4/h5-14,19,22,25H,15-18H2,1-4H3,(H,30,37)(H,31,38)(H,34,35). The number of hydrogen-bond acceptors (Lipinski definition) is 9. The van der Waals surface area contributed by atoms with Gasteiger partial charge in [0.25, 0.3) is 17.4 Å². The summed E-state index contributed by atoms with van der Waals surface area (Å²) in [6.45, 7) is 3.44. The molecule has 1 aliphatic heterocycles. The first kappa shape index (κ1) is 31.9. The Morgan fingerprint density at radius 1 is 1.05 bits per heavy atom.